The van der Waals surface area contributed by atoms with Gasteiger partial charge in [0.15, 0.2) is 0 Å². The summed E-state index contributed by atoms with van der Waals surface area (Å²) in [4.78, 5) is 0. The van der Waals surface area contributed by atoms with Gasteiger partial charge in [-0.05, 0) is 31.6 Å². The molecule has 0 aromatic carbocycles. The van der Waals surface area contributed by atoms with Crippen molar-refractivity contribution in [2.24, 2.45) is 11.8 Å². The van der Waals surface area contributed by atoms with Crippen LogP contribution < -0.4 is 0 Å². The molecule has 3 heteroatoms. The maximum atomic E-state index is 6.14. The molecule has 0 aliphatic carbocycles. The van der Waals surface area contributed by atoms with Crippen molar-refractivity contribution in [1.82, 2.24) is 0 Å². The normalized spacial score (nSPS) is 15.6. The van der Waals surface area contributed by atoms with Gasteiger partial charge in [-0.25, -0.2) is 0 Å². The second-order valence-electron chi connectivity index (χ2n) is 4.33. The van der Waals surface area contributed by atoms with Gasteiger partial charge in [0, 0.05) is 19.1 Å². The Bertz CT molecular complexity index is 130. The van der Waals surface area contributed by atoms with Crippen LogP contribution in [0.1, 0.15) is 33.6 Å². The third-order valence-electron chi connectivity index (χ3n) is 2.70. The number of rotatable bonds is 9. The summed E-state index contributed by atoms with van der Waals surface area (Å²) < 4.78 is 10.3. The minimum Gasteiger partial charge on any atom is -0.382 e. The van der Waals surface area contributed by atoms with E-state index in [1.165, 1.54) is 0 Å². The summed E-state index contributed by atoms with van der Waals surface area (Å²) in [6.45, 7) is 8.73. The molecule has 0 radical (unpaired) electrons. The molecule has 0 aliphatic rings. The van der Waals surface area contributed by atoms with Gasteiger partial charge in [0.05, 0.1) is 13.2 Å². The molecule has 0 rings (SSSR count). The number of ether oxygens (including phenoxy) is 2. The molecule has 0 aromatic heterocycles. The lowest BCUT2D eigenvalue weighted by Crippen LogP contribution is -2.18. The van der Waals surface area contributed by atoms with E-state index in [2.05, 4.69) is 20.8 Å². The summed E-state index contributed by atoms with van der Waals surface area (Å²) in [5.41, 5.74) is 0. The van der Waals surface area contributed by atoms with E-state index in [0.29, 0.717) is 25.0 Å². The van der Waals surface area contributed by atoms with Crippen LogP contribution in [0.3, 0.4) is 0 Å². The van der Waals surface area contributed by atoms with Gasteiger partial charge in [0.25, 0.3) is 0 Å². The van der Waals surface area contributed by atoms with E-state index in [1.807, 2.05) is 0 Å². The smallest absolute Gasteiger partial charge is 0.0700 e. The first-order valence-electron chi connectivity index (χ1n) is 5.80. The minimum atomic E-state index is 0.254. The molecule has 0 aliphatic heterocycles. The molecule has 92 valence electrons. The van der Waals surface area contributed by atoms with Gasteiger partial charge in [-0.2, -0.15) is 0 Å². The molecule has 2 nitrogen and oxygen atoms in total. The Morgan fingerprint density at radius 2 is 1.73 bits per heavy atom. The molecule has 15 heavy (non-hydrogen) atoms. The fourth-order valence-corrected chi connectivity index (χ4v) is 2.18. The summed E-state index contributed by atoms with van der Waals surface area (Å²) >= 11 is 6.14. The molecule has 0 aromatic rings. The zero-order valence-electron chi connectivity index (χ0n) is 10.5. The van der Waals surface area contributed by atoms with Gasteiger partial charge in [0.2, 0.25) is 0 Å². The Hall–Kier alpha value is 0.210. The van der Waals surface area contributed by atoms with Crippen molar-refractivity contribution in [1.29, 1.82) is 0 Å². The predicted octanol–water partition coefficient (Wildman–Crippen LogP) is 3.33. The van der Waals surface area contributed by atoms with Crippen molar-refractivity contribution in [3.63, 3.8) is 0 Å². The van der Waals surface area contributed by atoms with Crippen molar-refractivity contribution in [3.05, 3.63) is 0 Å². The van der Waals surface area contributed by atoms with Crippen molar-refractivity contribution in [2.75, 3.05) is 26.9 Å². The lowest BCUT2D eigenvalue weighted by molar-refractivity contribution is 0.0663. The molecule has 0 fully saturated rings. The summed E-state index contributed by atoms with van der Waals surface area (Å²) in [7, 11) is 1.69. The summed E-state index contributed by atoms with van der Waals surface area (Å²) in [5.74, 6) is 1.24. The molecule has 0 spiro atoms. The Balaban J connectivity index is 3.46. The van der Waals surface area contributed by atoms with Crippen LogP contribution in [-0.4, -0.2) is 32.3 Å². The molecule has 0 bridgehead atoms. The molecular weight excluding hydrogens is 212 g/mol. The summed E-state index contributed by atoms with van der Waals surface area (Å²) in [6.07, 6.45) is 2.24. The van der Waals surface area contributed by atoms with E-state index >= 15 is 0 Å². The van der Waals surface area contributed by atoms with E-state index in [0.717, 1.165) is 19.4 Å². The molecule has 0 heterocycles. The quantitative estimate of drug-likeness (QED) is 0.452. The van der Waals surface area contributed by atoms with Crippen LogP contribution in [0.25, 0.3) is 0 Å². The molecule has 0 amide bonds. The first-order valence-corrected chi connectivity index (χ1v) is 6.24. The third-order valence-corrected chi connectivity index (χ3v) is 3.03. The minimum absolute atomic E-state index is 0.254. The lowest BCUT2D eigenvalue weighted by Gasteiger charge is -2.23. The molecule has 2 atom stereocenters. The van der Waals surface area contributed by atoms with Gasteiger partial charge in [-0.15, -0.1) is 11.6 Å². The third kappa shape index (κ3) is 8.06. The van der Waals surface area contributed by atoms with Crippen LogP contribution in [0, 0.1) is 11.8 Å². The lowest BCUT2D eigenvalue weighted by atomic mass is 9.89. The molecule has 0 saturated carbocycles. The number of alkyl halides is 1. The van der Waals surface area contributed by atoms with E-state index in [1.54, 1.807) is 7.11 Å². The highest BCUT2D eigenvalue weighted by Crippen LogP contribution is 2.24. The van der Waals surface area contributed by atoms with Crippen molar-refractivity contribution in [2.45, 2.75) is 39.0 Å². The van der Waals surface area contributed by atoms with Crippen LogP contribution in [0.15, 0.2) is 0 Å². The van der Waals surface area contributed by atoms with E-state index in [-0.39, 0.29) is 5.38 Å². The van der Waals surface area contributed by atoms with Gasteiger partial charge in [0.1, 0.15) is 0 Å². The second kappa shape index (κ2) is 9.44. The topological polar surface area (TPSA) is 18.5 Å². The van der Waals surface area contributed by atoms with Crippen LogP contribution in [-0.2, 0) is 9.47 Å². The maximum absolute atomic E-state index is 6.14. The Kier molecular flexibility index (Phi) is 9.57. The second-order valence-corrected chi connectivity index (χ2v) is 5.02. The highest BCUT2D eigenvalue weighted by molar-refractivity contribution is 6.20. The molecular formula is C12H25ClO2. The largest absolute Gasteiger partial charge is 0.382 e. The predicted molar refractivity (Wildman–Crippen MR) is 65.6 cm³/mol. The fourth-order valence-electron chi connectivity index (χ4n) is 1.76. The van der Waals surface area contributed by atoms with Crippen molar-refractivity contribution in [3.8, 4) is 0 Å². The number of methoxy groups -OCH3 is 1. The van der Waals surface area contributed by atoms with Crippen LogP contribution in [0.5, 0.6) is 0 Å². The first kappa shape index (κ1) is 15.2. The molecule has 0 saturated heterocycles. The Morgan fingerprint density at radius 3 is 2.20 bits per heavy atom. The average Bonchev–Trinajstić information content (AvgIpc) is 2.15. The summed E-state index contributed by atoms with van der Waals surface area (Å²) in [6, 6.07) is 0. The van der Waals surface area contributed by atoms with Crippen molar-refractivity contribution < 1.29 is 9.47 Å². The van der Waals surface area contributed by atoms with Gasteiger partial charge in [-0.3, -0.25) is 0 Å². The van der Waals surface area contributed by atoms with E-state index < -0.39 is 0 Å². The number of hydrogen-bond acceptors (Lipinski definition) is 2. The number of hydrogen-bond donors (Lipinski definition) is 0. The van der Waals surface area contributed by atoms with Gasteiger partial charge in [-0.1, -0.05) is 13.8 Å². The monoisotopic (exact) mass is 236 g/mol. The van der Waals surface area contributed by atoms with Gasteiger partial charge >= 0.3 is 0 Å². The zero-order chi connectivity index (χ0) is 11.7. The van der Waals surface area contributed by atoms with Crippen LogP contribution in [0.2, 0.25) is 0 Å². The highest BCUT2D eigenvalue weighted by atomic mass is 35.5. The van der Waals surface area contributed by atoms with Crippen LogP contribution >= 0.6 is 11.6 Å². The van der Waals surface area contributed by atoms with Crippen molar-refractivity contribution >= 4 is 11.6 Å². The Labute approximate surface area is 99.3 Å². The summed E-state index contributed by atoms with van der Waals surface area (Å²) in [5, 5.41) is 0.254. The van der Waals surface area contributed by atoms with Gasteiger partial charge < -0.3 is 9.47 Å². The SMILES string of the molecule is COCCOCCCC(C(C)C)C(C)Cl. The van der Waals surface area contributed by atoms with Crippen LogP contribution in [0.4, 0.5) is 0 Å². The number of halogens is 1. The van der Waals surface area contributed by atoms with E-state index in [9.17, 15) is 0 Å². The van der Waals surface area contributed by atoms with E-state index in [4.69, 9.17) is 21.1 Å². The fraction of sp³-hybridized carbons (Fsp3) is 1.00. The average molecular weight is 237 g/mol. The first-order chi connectivity index (χ1) is 7.09. The Morgan fingerprint density at radius 1 is 1.07 bits per heavy atom. The zero-order valence-corrected chi connectivity index (χ0v) is 11.2. The molecule has 0 N–H and O–H groups in total. The maximum Gasteiger partial charge on any atom is 0.0700 e. The standard InChI is InChI=1S/C12H25ClO2/c1-10(2)12(11(3)13)6-5-7-15-9-8-14-4/h10-12H,5-9H2,1-4H3. The highest BCUT2D eigenvalue weighted by Gasteiger charge is 2.18. The molecule has 2 unspecified atom stereocenters.